The quantitative estimate of drug-likeness (QED) is 0.617. The highest BCUT2D eigenvalue weighted by Crippen LogP contribution is 2.40. The number of pyridine rings is 1. The fraction of sp³-hybridized carbons (Fsp3) is 0.550. The number of hydrogen-bond donors (Lipinski definition) is 2. The third-order valence-corrected chi connectivity index (χ3v) is 5.61. The second-order valence-corrected chi connectivity index (χ2v) is 7.21. The first-order valence-corrected chi connectivity index (χ1v) is 9.55. The van der Waals surface area contributed by atoms with Gasteiger partial charge >= 0.3 is 0 Å². The van der Waals surface area contributed by atoms with E-state index in [0.717, 1.165) is 29.7 Å². The first-order valence-electron chi connectivity index (χ1n) is 9.55. The summed E-state index contributed by atoms with van der Waals surface area (Å²) in [5.41, 5.74) is 1.57. The predicted octanol–water partition coefficient (Wildman–Crippen LogP) is 3.21. The molecule has 1 fully saturated rings. The Balaban J connectivity index is 1.53. The summed E-state index contributed by atoms with van der Waals surface area (Å²) in [5, 5.41) is 6.92. The Labute approximate surface area is 156 Å². The van der Waals surface area contributed by atoms with E-state index in [1.54, 1.807) is 6.20 Å². The number of hydrogen-bond acceptors (Lipinski definition) is 3. The van der Waals surface area contributed by atoms with E-state index in [9.17, 15) is 0 Å². The molecule has 2 heterocycles. The largest absolute Gasteiger partial charge is 0.356 e. The third kappa shape index (κ3) is 4.23. The molecule has 2 N–H and O–H groups in total. The van der Waals surface area contributed by atoms with E-state index in [4.69, 9.17) is 0 Å². The van der Waals surface area contributed by atoms with E-state index in [-0.39, 0.29) is 0 Å². The van der Waals surface area contributed by atoms with Crippen LogP contribution in [0.2, 0.25) is 0 Å². The Morgan fingerprint density at radius 3 is 2.62 bits per heavy atom. The van der Waals surface area contributed by atoms with E-state index in [0.29, 0.717) is 12.0 Å². The molecule has 1 aliphatic carbocycles. The van der Waals surface area contributed by atoms with Gasteiger partial charge in [0.2, 0.25) is 0 Å². The van der Waals surface area contributed by atoms with Crippen LogP contribution >= 0.6 is 0 Å². The normalized spacial score (nSPS) is 16.7. The van der Waals surface area contributed by atoms with E-state index in [1.165, 1.54) is 32.1 Å². The maximum Gasteiger partial charge on any atom is 0.191 e. The predicted molar refractivity (Wildman–Crippen MR) is 105 cm³/mol. The maximum absolute atomic E-state index is 4.54. The summed E-state index contributed by atoms with van der Waals surface area (Å²) >= 11 is 0. The summed E-state index contributed by atoms with van der Waals surface area (Å²) < 4.78 is 1.98. The molecule has 0 aromatic carbocycles. The van der Waals surface area contributed by atoms with Crippen LogP contribution in [0.4, 0.5) is 0 Å². The van der Waals surface area contributed by atoms with E-state index in [2.05, 4.69) is 38.6 Å². The van der Waals surface area contributed by atoms with Crippen molar-refractivity contribution in [2.45, 2.75) is 52.5 Å². The van der Waals surface area contributed by atoms with E-state index >= 15 is 0 Å². The van der Waals surface area contributed by atoms with Gasteiger partial charge in [-0.1, -0.05) is 25.8 Å². The van der Waals surface area contributed by atoms with Crippen molar-refractivity contribution in [3.05, 3.63) is 42.1 Å². The molecule has 26 heavy (non-hydrogen) atoms. The second-order valence-electron chi connectivity index (χ2n) is 7.21. The molecule has 2 aromatic rings. The van der Waals surface area contributed by atoms with Gasteiger partial charge in [0.1, 0.15) is 11.6 Å². The fourth-order valence-electron chi connectivity index (χ4n) is 3.74. The number of rotatable bonds is 6. The molecule has 0 unspecified atom stereocenters. The van der Waals surface area contributed by atoms with Crippen LogP contribution in [0.15, 0.2) is 35.7 Å². The molecule has 0 atom stereocenters. The van der Waals surface area contributed by atoms with Crippen molar-refractivity contribution in [3.63, 3.8) is 0 Å². The zero-order valence-corrected chi connectivity index (χ0v) is 16.1. The Kier molecular flexibility index (Phi) is 5.91. The van der Waals surface area contributed by atoms with Gasteiger partial charge in [-0.25, -0.2) is 9.97 Å². The number of nitrogens with zero attached hydrogens (tertiary/aromatic N) is 4. The van der Waals surface area contributed by atoms with Crippen LogP contribution in [0.3, 0.4) is 0 Å². The summed E-state index contributed by atoms with van der Waals surface area (Å²) in [6.07, 6.45) is 12.2. The fourth-order valence-corrected chi connectivity index (χ4v) is 3.74. The lowest BCUT2D eigenvalue weighted by Gasteiger charge is -2.28. The van der Waals surface area contributed by atoms with Gasteiger partial charge in [0, 0.05) is 38.7 Å². The first-order chi connectivity index (χ1) is 12.7. The molecular weight excluding hydrogens is 324 g/mol. The molecule has 6 heteroatoms. The minimum atomic E-state index is 0.448. The minimum Gasteiger partial charge on any atom is -0.356 e. The Bertz CT molecular complexity index is 725. The molecule has 0 saturated heterocycles. The first kappa shape index (κ1) is 18.4. The van der Waals surface area contributed by atoms with Crippen molar-refractivity contribution >= 4 is 5.96 Å². The SMILES string of the molecule is CCC1(CNC(=NC)NCc2ccc(-n3ccnc3C)nc2)CCCC1. The molecule has 3 rings (SSSR count). The van der Waals surface area contributed by atoms with Gasteiger partial charge in [-0.05, 0) is 43.2 Å². The van der Waals surface area contributed by atoms with Crippen LogP contribution in [0.25, 0.3) is 5.82 Å². The van der Waals surface area contributed by atoms with E-state index < -0.39 is 0 Å². The number of aliphatic imine (C=N–C) groups is 1. The van der Waals surface area contributed by atoms with Gasteiger partial charge in [0.25, 0.3) is 0 Å². The third-order valence-electron chi connectivity index (χ3n) is 5.61. The second kappa shape index (κ2) is 8.34. The van der Waals surface area contributed by atoms with Crippen LogP contribution in [0.1, 0.15) is 50.4 Å². The molecule has 0 bridgehead atoms. The summed E-state index contributed by atoms with van der Waals surface area (Å²) in [6.45, 7) is 5.98. The highest BCUT2D eigenvalue weighted by atomic mass is 15.2. The maximum atomic E-state index is 4.54. The number of imidazole rings is 1. The van der Waals surface area contributed by atoms with Crippen molar-refractivity contribution < 1.29 is 0 Å². The van der Waals surface area contributed by atoms with Crippen LogP contribution in [0, 0.1) is 12.3 Å². The Morgan fingerprint density at radius 2 is 2.04 bits per heavy atom. The summed E-state index contributed by atoms with van der Waals surface area (Å²) in [4.78, 5) is 13.1. The van der Waals surface area contributed by atoms with Gasteiger partial charge in [0.05, 0.1) is 0 Å². The molecule has 2 aromatic heterocycles. The number of nitrogens with one attached hydrogen (secondary N) is 2. The molecule has 0 aliphatic heterocycles. The van der Waals surface area contributed by atoms with Crippen molar-refractivity contribution in [3.8, 4) is 5.82 Å². The van der Waals surface area contributed by atoms with Crippen molar-refractivity contribution in [1.29, 1.82) is 0 Å². The van der Waals surface area contributed by atoms with Crippen LogP contribution in [-0.4, -0.2) is 34.1 Å². The molecule has 0 spiro atoms. The molecule has 1 saturated carbocycles. The lowest BCUT2D eigenvalue weighted by atomic mass is 9.83. The van der Waals surface area contributed by atoms with Gasteiger partial charge < -0.3 is 10.6 Å². The highest BCUT2D eigenvalue weighted by Gasteiger charge is 2.31. The summed E-state index contributed by atoms with van der Waals surface area (Å²) in [6, 6.07) is 4.11. The standard InChI is InChI=1S/C20H30N6/c1-4-20(9-5-6-10-20)15-25-19(21-3)24-14-17-7-8-18(23-13-17)26-12-11-22-16(26)2/h7-8,11-13H,4-6,9-10,14-15H2,1-3H3,(H2,21,24,25). The van der Waals surface area contributed by atoms with E-state index in [1.807, 2.05) is 37.0 Å². The number of aryl methyl sites for hydroxylation is 1. The molecule has 140 valence electrons. The van der Waals surface area contributed by atoms with Gasteiger partial charge in [-0.2, -0.15) is 0 Å². The topological polar surface area (TPSA) is 67.1 Å². The molecule has 6 nitrogen and oxygen atoms in total. The monoisotopic (exact) mass is 354 g/mol. The van der Waals surface area contributed by atoms with Gasteiger partial charge in [0.15, 0.2) is 5.96 Å². The Hall–Kier alpha value is -2.37. The number of aromatic nitrogens is 3. The summed E-state index contributed by atoms with van der Waals surface area (Å²) in [5.74, 6) is 2.68. The van der Waals surface area contributed by atoms with Crippen LogP contribution < -0.4 is 10.6 Å². The highest BCUT2D eigenvalue weighted by molar-refractivity contribution is 5.79. The summed E-state index contributed by atoms with van der Waals surface area (Å²) in [7, 11) is 1.83. The van der Waals surface area contributed by atoms with Crippen molar-refractivity contribution in [1.82, 2.24) is 25.2 Å². The minimum absolute atomic E-state index is 0.448. The lowest BCUT2D eigenvalue weighted by Crippen LogP contribution is -2.42. The number of guanidine groups is 1. The zero-order chi connectivity index (χ0) is 18.4. The molecular formula is C20H30N6. The average Bonchev–Trinajstić information content (AvgIpc) is 3.32. The van der Waals surface area contributed by atoms with Crippen LogP contribution in [-0.2, 0) is 6.54 Å². The lowest BCUT2D eigenvalue weighted by molar-refractivity contribution is 0.283. The van der Waals surface area contributed by atoms with Crippen molar-refractivity contribution in [2.24, 2.45) is 10.4 Å². The van der Waals surface area contributed by atoms with Gasteiger partial charge in [-0.3, -0.25) is 9.56 Å². The molecule has 0 amide bonds. The molecule has 1 aliphatic rings. The van der Waals surface area contributed by atoms with Crippen LogP contribution in [0.5, 0.6) is 0 Å². The zero-order valence-electron chi connectivity index (χ0n) is 16.1. The smallest absolute Gasteiger partial charge is 0.191 e. The Morgan fingerprint density at radius 1 is 1.23 bits per heavy atom. The van der Waals surface area contributed by atoms with Gasteiger partial charge in [-0.15, -0.1) is 0 Å². The average molecular weight is 355 g/mol. The van der Waals surface area contributed by atoms with Crippen molar-refractivity contribution in [2.75, 3.05) is 13.6 Å². The molecule has 0 radical (unpaired) electrons.